The van der Waals surface area contributed by atoms with Gasteiger partial charge in [-0.2, -0.15) is 4.98 Å². The molecule has 1 aliphatic heterocycles. The summed E-state index contributed by atoms with van der Waals surface area (Å²) in [6.07, 6.45) is 2.13. The molecular formula is C20H19N3O3. The van der Waals surface area contributed by atoms with Gasteiger partial charge in [-0.1, -0.05) is 35.5 Å². The highest BCUT2D eigenvalue weighted by Crippen LogP contribution is 2.29. The molecule has 1 aliphatic rings. The van der Waals surface area contributed by atoms with Crippen LogP contribution in [0, 0.1) is 0 Å². The molecule has 0 saturated carbocycles. The SMILES string of the molecule is O=C(COc1ccccc1-c1noc(-c2ccccc2)n1)N1CCCC1. The van der Waals surface area contributed by atoms with E-state index in [2.05, 4.69) is 10.1 Å². The molecule has 0 spiro atoms. The van der Waals surface area contributed by atoms with Gasteiger partial charge in [0.25, 0.3) is 11.8 Å². The van der Waals surface area contributed by atoms with E-state index in [1.807, 2.05) is 59.5 Å². The molecule has 0 radical (unpaired) electrons. The smallest absolute Gasteiger partial charge is 0.260 e. The molecule has 6 nitrogen and oxygen atoms in total. The highest BCUT2D eigenvalue weighted by atomic mass is 16.5. The van der Waals surface area contributed by atoms with Gasteiger partial charge in [-0.3, -0.25) is 4.79 Å². The van der Waals surface area contributed by atoms with E-state index < -0.39 is 0 Å². The molecule has 0 aliphatic carbocycles. The summed E-state index contributed by atoms with van der Waals surface area (Å²) in [5.41, 5.74) is 1.56. The van der Waals surface area contributed by atoms with E-state index in [-0.39, 0.29) is 12.5 Å². The van der Waals surface area contributed by atoms with Crippen LogP contribution in [0.5, 0.6) is 5.75 Å². The molecular weight excluding hydrogens is 330 g/mol. The Bertz CT molecular complexity index is 886. The van der Waals surface area contributed by atoms with Gasteiger partial charge in [-0.05, 0) is 37.1 Å². The Balaban J connectivity index is 1.52. The minimum Gasteiger partial charge on any atom is -0.483 e. The molecule has 1 saturated heterocycles. The molecule has 132 valence electrons. The van der Waals surface area contributed by atoms with Gasteiger partial charge in [0.1, 0.15) is 5.75 Å². The summed E-state index contributed by atoms with van der Waals surface area (Å²) in [5, 5.41) is 4.07. The summed E-state index contributed by atoms with van der Waals surface area (Å²) in [4.78, 5) is 18.5. The third-order valence-electron chi connectivity index (χ3n) is 4.38. The Hall–Kier alpha value is -3.15. The van der Waals surface area contributed by atoms with Crippen molar-refractivity contribution in [1.82, 2.24) is 15.0 Å². The summed E-state index contributed by atoms with van der Waals surface area (Å²) in [6.45, 7) is 1.64. The predicted molar refractivity (Wildman–Crippen MR) is 96.5 cm³/mol. The van der Waals surface area contributed by atoms with Gasteiger partial charge >= 0.3 is 0 Å². The van der Waals surface area contributed by atoms with Crippen molar-refractivity contribution in [3.8, 4) is 28.6 Å². The first kappa shape index (κ1) is 16.3. The van der Waals surface area contributed by atoms with Crippen molar-refractivity contribution in [1.29, 1.82) is 0 Å². The maximum atomic E-state index is 12.2. The van der Waals surface area contributed by atoms with E-state index >= 15 is 0 Å². The number of likely N-dealkylation sites (tertiary alicyclic amines) is 1. The number of amides is 1. The second-order valence-corrected chi connectivity index (χ2v) is 6.16. The zero-order valence-corrected chi connectivity index (χ0v) is 14.3. The molecule has 1 aromatic heterocycles. The molecule has 0 atom stereocenters. The fourth-order valence-electron chi connectivity index (χ4n) is 3.01. The van der Waals surface area contributed by atoms with Crippen LogP contribution in [0.25, 0.3) is 22.8 Å². The van der Waals surface area contributed by atoms with Gasteiger partial charge in [-0.25, -0.2) is 0 Å². The number of aromatic nitrogens is 2. The summed E-state index contributed by atoms with van der Waals surface area (Å²) in [6, 6.07) is 17.0. The Morgan fingerprint density at radius 3 is 2.58 bits per heavy atom. The standard InChI is InChI=1S/C20H19N3O3/c24-18(23-12-6-7-13-23)14-25-17-11-5-4-10-16(17)19-21-20(26-22-19)15-8-2-1-3-9-15/h1-5,8-11H,6-7,12-14H2. The topological polar surface area (TPSA) is 68.5 Å². The Morgan fingerprint density at radius 2 is 1.77 bits per heavy atom. The zero-order chi connectivity index (χ0) is 17.8. The van der Waals surface area contributed by atoms with Gasteiger partial charge in [0.15, 0.2) is 6.61 Å². The third-order valence-corrected chi connectivity index (χ3v) is 4.38. The number of nitrogens with zero attached hydrogens (tertiary/aromatic N) is 3. The van der Waals surface area contributed by atoms with Crippen LogP contribution in [-0.4, -0.2) is 40.6 Å². The number of rotatable bonds is 5. The number of carbonyl (C=O) groups is 1. The normalized spacial score (nSPS) is 13.8. The second-order valence-electron chi connectivity index (χ2n) is 6.16. The van der Waals surface area contributed by atoms with E-state index in [0.29, 0.717) is 23.0 Å². The molecule has 26 heavy (non-hydrogen) atoms. The van der Waals surface area contributed by atoms with Crippen LogP contribution in [0.1, 0.15) is 12.8 Å². The van der Waals surface area contributed by atoms with E-state index in [4.69, 9.17) is 9.26 Å². The van der Waals surface area contributed by atoms with Gasteiger partial charge < -0.3 is 14.2 Å². The quantitative estimate of drug-likeness (QED) is 0.706. The highest BCUT2D eigenvalue weighted by molar-refractivity contribution is 5.78. The minimum atomic E-state index is 0.00962. The minimum absolute atomic E-state index is 0.00962. The molecule has 2 heterocycles. The molecule has 0 bridgehead atoms. The Labute approximate surface area is 151 Å². The van der Waals surface area contributed by atoms with Crippen LogP contribution in [0.15, 0.2) is 59.1 Å². The highest BCUT2D eigenvalue weighted by Gasteiger charge is 2.20. The number of ether oxygens (including phenoxy) is 1. The van der Waals surface area contributed by atoms with Crippen molar-refractivity contribution in [2.24, 2.45) is 0 Å². The molecule has 6 heteroatoms. The van der Waals surface area contributed by atoms with Crippen LogP contribution in [0.4, 0.5) is 0 Å². The van der Waals surface area contributed by atoms with E-state index in [1.165, 1.54) is 0 Å². The van der Waals surface area contributed by atoms with Crippen molar-refractivity contribution in [2.75, 3.05) is 19.7 Å². The molecule has 0 unspecified atom stereocenters. The number of benzene rings is 2. The van der Waals surface area contributed by atoms with E-state index in [1.54, 1.807) is 0 Å². The molecule has 1 amide bonds. The van der Waals surface area contributed by atoms with Gasteiger partial charge in [-0.15, -0.1) is 0 Å². The third kappa shape index (κ3) is 3.44. The van der Waals surface area contributed by atoms with Crippen molar-refractivity contribution in [3.05, 3.63) is 54.6 Å². The number of hydrogen-bond donors (Lipinski definition) is 0. The van der Waals surface area contributed by atoms with Crippen LogP contribution >= 0.6 is 0 Å². The predicted octanol–water partition coefficient (Wildman–Crippen LogP) is 3.40. The van der Waals surface area contributed by atoms with Gasteiger partial charge in [0.05, 0.1) is 5.56 Å². The van der Waals surface area contributed by atoms with Crippen molar-refractivity contribution >= 4 is 5.91 Å². The fourth-order valence-corrected chi connectivity index (χ4v) is 3.01. The summed E-state index contributed by atoms with van der Waals surface area (Å²) >= 11 is 0. The number of carbonyl (C=O) groups excluding carboxylic acids is 1. The lowest BCUT2D eigenvalue weighted by Gasteiger charge is -2.16. The van der Waals surface area contributed by atoms with Crippen LogP contribution in [0.2, 0.25) is 0 Å². The Kier molecular flexibility index (Phi) is 4.64. The first-order chi connectivity index (χ1) is 12.8. The zero-order valence-electron chi connectivity index (χ0n) is 14.3. The van der Waals surface area contributed by atoms with E-state index in [9.17, 15) is 4.79 Å². The van der Waals surface area contributed by atoms with Gasteiger partial charge in [0.2, 0.25) is 5.82 Å². The molecule has 2 aromatic carbocycles. The fraction of sp³-hybridized carbons (Fsp3) is 0.250. The molecule has 0 N–H and O–H groups in total. The lowest BCUT2D eigenvalue weighted by molar-refractivity contribution is -0.132. The van der Waals surface area contributed by atoms with Crippen molar-refractivity contribution < 1.29 is 14.1 Å². The lowest BCUT2D eigenvalue weighted by Crippen LogP contribution is -2.32. The average molecular weight is 349 g/mol. The summed E-state index contributed by atoms with van der Waals surface area (Å²) < 4.78 is 11.1. The second kappa shape index (κ2) is 7.39. The average Bonchev–Trinajstić information content (AvgIpc) is 3.39. The molecule has 1 fully saturated rings. The van der Waals surface area contributed by atoms with Crippen molar-refractivity contribution in [3.63, 3.8) is 0 Å². The maximum absolute atomic E-state index is 12.2. The Morgan fingerprint density at radius 1 is 1.04 bits per heavy atom. The number of hydrogen-bond acceptors (Lipinski definition) is 5. The summed E-state index contributed by atoms with van der Waals surface area (Å²) in [7, 11) is 0. The maximum Gasteiger partial charge on any atom is 0.260 e. The molecule has 3 aromatic rings. The lowest BCUT2D eigenvalue weighted by atomic mass is 10.2. The first-order valence-corrected chi connectivity index (χ1v) is 8.70. The van der Waals surface area contributed by atoms with Gasteiger partial charge in [0, 0.05) is 18.7 Å². The van der Waals surface area contributed by atoms with E-state index in [0.717, 1.165) is 31.5 Å². The van der Waals surface area contributed by atoms with Crippen LogP contribution in [-0.2, 0) is 4.79 Å². The monoisotopic (exact) mass is 349 g/mol. The largest absolute Gasteiger partial charge is 0.483 e. The van der Waals surface area contributed by atoms with Crippen LogP contribution < -0.4 is 4.74 Å². The first-order valence-electron chi connectivity index (χ1n) is 8.70. The molecule has 4 rings (SSSR count). The van der Waals surface area contributed by atoms with Crippen molar-refractivity contribution in [2.45, 2.75) is 12.8 Å². The number of para-hydroxylation sites is 1. The summed E-state index contributed by atoms with van der Waals surface area (Å²) in [5.74, 6) is 1.47. The van der Waals surface area contributed by atoms with Crippen LogP contribution in [0.3, 0.4) is 0 Å².